The fraction of sp³-hybridized carbons (Fsp3) is 0.259. The highest BCUT2D eigenvalue weighted by molar-refractivity contribution is 7.52. The van der Waals surface area contributed by atoms with Gasteiger partial charge in [0.2, 0.25) is 5.91 Å². The minimum absolute atomic E-state index is 0.000984. The van der Waals surface area contributed by atoms with E-state index in [1.165, 1.54) is 12.1 Å². The molecule has 9 nitrogen and oxygen atoms in total. The first kappa shape index (κ1) is 29.9. The molecule has 39 heavy (non-hydrogen) atoms. The highest BCUT2D eigenvalue weighted by Crippen LogP contribution is 2.59. The molecule has 0 saturated heterocycles. The summed E-state index contributed by atoms with van der Waals surface area (Å²) in [6, 6.07) is 20.7. The van der Waals surface area contributed by atoms with Gasteiger partial charge in [-0.25, -0.2) is 4.79 Å². The summed E-state index contributed by atoms with van der Waals surface area (Å²) in [7, 11) is -4.01. The van der Waals surface area contributed by atoms with Crippen LogP contribution in [0.1, 0.15) is 22.3 Å². The van der Waals surface area contributed by atoms with Crippen molar-refractivity contribution in [3.63, 3.8) is 0 Å². The van der Waals surface area contributed by atoms with Gasteiger partial charge in [0.05, 0.1) is 6.54 Å². The van der Waals surface area contributed by atoms with E-state index in [0.29, 0.717) is 24.4 Å². The molecule has 0 unspecified atom stereocenters. The third-order valence-corrected chi connectivity index (χ3v) is 6.80. The van der Waals surface area contributed by atoms with E-state index >= 15 is 0 Å². The Hall–Kier alpha value is -3.63. The number of halogens is 2. The molecule has 0 aliphatic heterocycles. The molecular formula is C27H29F2N2O7P. The number of carbonyl (C=O) groups excluding carboxylic acids is 1. The van der Waals surface area contributed by atoms with Gasteiger partial charge in [-0.05, 0) is 28.8 Å². The van der Waals surface area contributed by atoms with Crippen molar-refractivity contribution in [3.8, 4) is 5.75 Å². The average Bonchev–Trinajstić information content (AvgIpc) is 2.88. The van der Waals surface area contributed by atoms with Crippen LogP contribution in [0.5, 0.6) is 5.75 Å². The summed E-state index contributed by atoms with van der Waals surface area (Å²) in [6.07, 6.45) is 0. The van der Waals surface area contributed by atoms with Crippen LogP contribution in [0.2, 0.25) is 0 Å². The highest BCUT2D eigenvalue weighted by Gasteiger charge is 2.50. The van der Waals surface area contributed by atoms with Crippen molar-refractivity contribution >= 4 is 19.5 Å². The second-order valence-electron chi connectivity index (χ2n) is 8.99. The van der Waals surface area contributed by atoms with Crippen molar-refractivity contribution < 1.29 is 42.6 Å². The summed E-state index contributed by atoms with van der Waals surface area (Å²) in [5.41, 5.74) is -2.81. The van der Waals surface area contributed by atoms with Gasteiger partial charge in [-0.2, -0.15) is 8.78 Å². The Bertz CT molecular complexity index is 1300. The zero-order valence-corrected chi connectivity index (χ0v) is 22.0. The number of hydrogen-bond donors (Lipinski definition) is 3. The number of carbonyl (C=O) groups is 2. The van der Waals surface area contributed by atoms with Gasteiger partial charge in [0.15, 0.2) is 6.61 Å². The maximum Gasteiger partial charge on any atom is 0.399 e. The fourth-order valence-corrected chi connectivity index (χ4v) is 4.24. The van der Waals surface area contributed by atoms with Gasteiger partial charge in [0, 0.05) is 32.2 Å². The van der Waals surface area contributed by atoms with Crippen molar-refractivity contribution in [2.24, 2.45) is 0 Å². The lowest BCUT2D eigenvalue weighted by Gasteiger charge is -2.26. The Balaban J connectivity index is 1.76. The van der Waals surface area contributed by atoms with E-state index in [2.05, 4.69) is 0 Å². The van der Waals surface area contributed by atoms with Crippen molar-refractivity contribution in [3.05, 3.63) is 101 Å². The molecule has 12 heteroatoms. The van der Waals surface area contributed by atoms with E-state index in [1.807, 2.05) is 30.3 Å². The first-order valence-electron chi connectivity index (χ1n) is 11.8. The van der Waals surface area contributed by atoms with Crippen molar-refractivity contribution in [1.82, 2.24) is 9.80 Å². The molecule has 3 rings (SSSR count). The van der Waals surface area contributed by atoms with Gasteiger partial charge in [-0.3, -0.25) is 14.3 Å². The molecular weight excluding hydrogens is 533 g/mol. The molecule has 0 saturated carbocycles. The third kappa shape index (κ3) is 8.69. The number of nitrogens with zero attached hydrogens (tertiary/aromatic N) is 2. The number of carboxylic acid groups (broad SMARTS) is 1. The molecule has 1 amide bonds. The lowest BCUT2D eigenvalue weighted by Crippen LogP contribution is -2.37. The van der Waals surface area contributed by atoms with Gasteiger partial charge < -0.3 is 24.5 Å². The van der Waals surface area contributed by atoms with Crippen molar-refractivity contribution in [1.29, 1.82) is 0 Å². The summed E-state index contributed by atoms with van der Waals surface area (Å²) in [5, 5.41) is 8.76. The van der Waals surface area contributed by atoms with Gasteiger partial charge in [0.25, 0.3) is 0 Å². The second kappa shape index (κ2) is 12.9. The Kier molecular flexibility index (Phi) is 9.93. The number of hydrogen-bond acceptors (Lipinski definition) is 5. The monoisotopic (exact) mass is 562 g/mol. The van der Waals surface area contributed by atoms with E-state index in [9.17, 15) is 22.9 Å². The smallest absolute Gasteiger partial charge is 0.399 e. The van der Waals surface area contributed by atoms with Crippen LogP contribution >= 0.6 is 7.60 Å². The minimum atomic E-state index is -5.69. The van der Waals surface area contributed by atoms with Crippen molar-refractivity contribution in [2.45, 2.75) is 25.3 Å². The number of aliphatic carboxylic acids is 1. The normalized spacial score (nSPS) is 11.8. The summed E-state index contributed by atoms with van der Waals surface area (Å²) in [4.78, 5) is 45.1. The molecule has 0 aliphatic rings. The molecule has 208 valence electrons. The van der Waals surface area contributed by atoms with Gasteiger partial charge in [-0.1, -0.05) is 66.7 Å². The summed E-state index contributed by atoms with van der Waals surface area (Å²) in [5.74, 6) is -0.911. The number of amides is 1. The van der Waals surface area contributed by atoms with Crippen LogP contribution in [-0.2, 0) is 39.5 Å². The molecule has 0 bridgehead atoms. The second-order valence-corrected chi connectivity index (χ2v) is 10.6. The lowest BCUT2D eigenvalue weighted by atomic mass is 10.1. The SMILES string of the molecule is CN(Cc1ccccc1)C(=O)CN(Cc1ccc(OCC(=O)O)cc1)Cc1ccc(C(F)(F)P(=O)(O)O)cc1. The van der Waals surface area contributed by atoms with Gasteiger partial charge in [-0.15, -0.1) is 0 Å². The Morgan fingerprint density at radius 3 is 1.87 bits per heavy atom. The molecule has 0 aromatic heterocycles. The first-order chi connectivity index (χ1) is 18.3. The van der Waals surface area contributed by atoms with Crippen LogP contribution in [0.4, 0.5) is 8.78 Å². The van der Waals surface area contributed by atoms with E-state index in [0.717, 1.165) is 23.3 Å². The van der Waals surface area contributed by atoms with E-state index in [4.69, 9.17) is 19.6 Å². The van der Waals surface area contributed by atoms with Gasteiger partial charge in [0.1, 0.15) is 5.75 Å². The number of carboxylic acids is 1. The summed E-state index contributed by atoms with van der Waals surface area (Å²) in [6.45, 7) is 0.398. The maximum atomic E-state index is 14.0. The Morgan fingerprint density at radius 2 is 1.36 bits per heavy atom. The summed E-state index contributed by atoms with van der Waals surface area (Å²) >= 11 is 0. The minimum Gasteiger partial charge on any atom is -0.482 e. The number of benzene rings is 3. The molecule has 3 aromatic carbocycles. The number of alkyl halides is 2. The van der Waals surface area contributed by atoms with E-state index < -0.39 is 31.4 Å². The zero-order valence-electron chi connectivity index (χ0n) is 21.1. The predicted molar refractivity (Wildman–Crippen MR) is 139 cm³/mol. The Morgan fingerprint density at radius 1 is 0.846 bits per heavy atom. The Labute approximate surface area is 224 Å². The van der Waals surface area contributed by atoms with Crippen LogP contribution in [0, 0.1) is 0 Å². The largest absolute Gasteiger partial charge is 0.482 e. The van der Waals surface area contributed by atoms with E-state index in [-0.39, 0.29) is 19.0 Å². The van der Waals surface area contributed by atoms with Crippen LogP contribution in [0.15, 0.2) is 78.9 Å². The standard InChI is InChI=1S/C27H29F2N2O7P/c1-30(15-20-5-3-2-4-6-20)25(32)18-31(17-22-9-13-24(14-10-22)38-19-26(33)34)16-21-7-11-23(12-8-21)27(28,29)39(35,36)37/h2-14H,15-19H2,1H3,(H,33,34)(H2,35,36,37). The fourth-order valence-electron chi connectivity index (χ4n) is 3.76. The summed E-state index contributed by atoms with van der Waals surface area (Å²) < 4.78 is 44.4. The molecule has 3 N–H and O–H groups in total. The highest BCUT2D eigenvalue weighted by atomic mass is 31.2. The molecule has 0 spiro atoms. The zero-order chi connectivity index (χ0) is 28.6. The quantitative estimate of drug-likeness (QED) is 0.267. The van der Waals surface area contributed by atoms with Crippen LogP contribution in [-0.4, -0.2) is 56.8 Å². The van der Waals surface area contributed by atoms with Gasteiger partial charge >= 0.3 is 19.2 Å². The molecule has 0 fully saturated rings. The topological polar surface area (TPSA) is 128 Å². The lowest BCUT2D eigenvalue weighted by molar-refractivity contribution is -0.139. The van der Waals surface area contributed by atoms with Crippen LogP contribution < -0.4 is 4.74 Å². The first-order valence-corrected chi connectivity index (χ1v) is 13.4. The molecule has 3 aromatic rings. The molecule has 0 heterocycles. The number of ether oxygens (including phenoxy) is 1. The van der Waals surface area contributed by atoms with Crippen LogP contribution in [0.3, 0.4) is 0 Å². The van der Waals surface area contributed by atoms with Crippen LogP contribution in [0.25, 0.3) is 0 Å². The van der Waals surface area contributed by atoms with E-state index in [1.54, 1.807) is 41.1 Å². The number of likely N-dealkylation sites (N-methyl/N-ethyl adjacent to an activating group) is 1. The maximum absolute atomic E-state index is 14.0. The third-order valence-electron chi connectivity index (χ3n) is 5.81. The number of rotatable bonds is 13. The van der Waals surface area contributed by atoms with Crippen molar-refractivity contribution in [2.75, 3.05) is 20.2 Å². The molecule has 0 radical (unpaired) electrons. The molecule has 0 aliphatic carbocycles. The average molecular weight is 563 g/mol. The molecule has 0 atom stereocenters. The predicted octanol–water partition coefficient (Wildman–Crippen LogP) is 4.04.